The summed E-state index contributed by atoms with van der Waals surface area (Å²) in [7, 11) is 0. The first-order valence-electron chi connectivity index (χ1n) is 19.7. The quantitative estimate of drug-likeness (QED) is 0.128. The average molecular weight is 832 g/mol. The number of amides is 2. The van der Waals surface area contributed by atoms with Crippen molar-refractivity contribution < 1.29 is 19.2 Å². The third-order valence-electron chi connectivity index (χ3n) is 13.2. The number of nitrogens with one attached hydrogen (secondary N) is 4. The zero-order chi connectivity index (χ0) is 41.0. The second-order valence-corrected chi connectivity index (χ2v) is 17.0. The summed E-state index contributed by atoms with van der Waals surface area (Å²) in [6.45, 7) is 4.28. The predicted octanol–water partition coefficient (Wildman–Crippen LogP) is 7.87. The third-order valence-corrected chi connectivity index (χ3v) is 13.6. The molecule has 0 fully saturated rings. The summed E-state index contributed by atoms with van der Waals surface area (Å²) < 4.78 is 0. The molecule has 4 N–H and O–H groups in total. The fraction of sp³-hybridized carbons (Fsp3) is 0.174. The molecule has 2 atom stereocenters. The summed E-state index contributed by atoms with van der Waals surface area (Å²) in [6, 6.07) is 25.5. The molecule has 14 heteroatoms. The van der Waals surface area contributed by atoms with Gasteiger partial charge in [0.15, 0.2) is 23.2 Å². The summed E-state index contributed by atoms with van der Waals surface area (Å²) in [5, 5.41) is 22.9. The molecule has 0 saturated carbocycles. The number of rotatable bonds is 5. The van der Waals surface area contributed by atoms with Gasteiger partial charge in [-0.3, -0.25) is 29.4 Å². The van der Waals surface area contributed by atoms with Crippen LogP contribution in [0.4, 0.5) is 23.0 Å². The van der Waals surface area contributed by atoms with Crippen molar-refractivity contribution in [1.29, 1.82) is 0 Å². The highest BCUT2D eigenvalue weighted by atomic mass is 35.5. The first-order valence-corrected chi connectivity index (χ1v) is 20.5. The van der Waals surface area contributed by atoms with Crippen molar-refractivity contribution in [2.75, 3.05) is 33.5 Å². The van der Waals surface area contributed by atoms with Gasteiger partial charge < -0.3 is 20.4 Å². The molecule has 6 heterocycles. The SMILES string of the molecule is Cc1[nH]nc2c1C1(C(=O)N(CCCCN3C(=O)C4(C5=C(Nc6n[nH]c(C)c64)c4ccccc4C5=O)c4cc(Cl)ccc43)c3ccc(Cl)cc31)C1=C(N2)c2ccccc2C1=O. The molecule has 4 aliphatic heterocycles. The lowest BCUT2D eigenvalue weighted by atomic mass is 9.67. The van der Waals surface area contributed by atoms with Crippen LogP contribution in [0.15, 0.2) is 96.1 Å². The lowest BCUT2D eigenvalue weighted by Crippen LogP contribution is -2.47. The van der Waals surface area contributed by atoms with Crippen LogP contribution < -0.4 is 20.4 Å². The van der Waals surface area contributed by atoms with Crippen molar-refractivity contribution in [2.24, 2.45) is 0 Å². The minimum atomic E-state index is -1.51. The normalized spacial score (nSPS) is 21.3. The highest BCUT2D eigenvalue weighted by Crippen LogP contribution is 2.61. The fourth-order valence-corrected chi connectivity index (χ4v) is 11.2. The van der Waals surface area contributed by atoms with Crippen molar-refractivity contribution in [2.45, 2.75) is 37.5 Å². The number of carbonyl (C=O) groups excluding carboxylic acids is 4. The molecule has 6 aromatic rings. The number of hydrogen-bond donors (Lipinski definition) is 4. The Morgan fingerprint density at radius 1 is 0.567 bits per heavy atom. The number of nitrogens with zero attached hydrogens (tertiary/aromatic N) is 4. The van der Waals surface area contributed by atoms with Gasteiger partial charge in [-0.1, -0.05) is 71.7 Å². The van der Waals surface area contributed by atoms with E-state index in [2.05, 4.69) is 31.0 Å². The number of aromatic amines is 2. The molecule has 60 heavy (non-hydrogen) atoms. The van der Waals surface area contributed by atoms with Crippen LogP contribution in [0.1, 0.15) is 78.3 Å². The van der Waals surface area contributed by atoms with Gasteiger partial charge in [-0.05, 0) is 63.1 Å². The summed E-state index contributed by atoms with van der Waals surface area (Å²) in [5.41, 5.74) is 6.32. The molecular weight excluding hydrogens is 799 g/mol. The monoisotopic (exact) mass is 830 g/mol. The molecule has 2 spiro atoms. The van der Waals surface area contributed by atoms with Crippen molar-refractivity contribution in [3.8, 4) is 0 Å². The number of halogens is 2. The Kier molecular flexibility index (Phi) is 7.00. The minimum absolute atomic E-state index is 0.225. The van der Waals surface area contributed by atoms with E-state index in [1.807, 2.05) is 62.4 Å². The summed E-state index contributed by atoms with van der Waals surface area (Å²) in [6.07, 6.45) is 0.990. The van der Waals surface area contributed by atoms with E-state index >= 15 is 9.59 Å². The number of anilines is 4. The Labute approximate surface area is 352 Å². The van der Waals surface area contributed by atoms with Gasteiger partial charge in [0.05, 0.1) is 11.4 Å². The number of fused-ring (bicyclic) bond motifs is 14. The Morgan fingerprint density at radius 3 is 1.38 bits per heavy atom. The number of H-pyrrole nitrogens is 2. The molecule has 0 saturated heterocycles. The van der Waals surface area contributed by atoms with Crippen molar-refractivity contribution in [3.63, 3.8) is 0 Å². The van der Waals surface area contributed by atoms with Gasteiger partial charge >= 0.3 is 0 Å². The molecule has 2 aliphatic carbocycles. The molecule has 294 valence electrons. The van der Waals surface area contributed by atoms with Gasteiger partial charge in [0.1, 0.15) is 10.8 Å². The smallest absolute Gasteiger partial charge is 0.247 e. The van der Waals surface area contributed by atoms with Gasteiger partial charge in [-0.25, -0.2) is 0 Å². The molecular formula is C46H32Cl2N8O4. The van der Waals surface area contributed by atoms with Gasteiger partial charge in [0.2, 0.25) is 11.8 Å². The van der Waals surface area contributed by atoms with Crippen LogP contribution in [0.25, 0.3) is 11.4 Å². The Bertz CT molecular complexity index is 2920. The van der Waals surface area contributed by atoms with E-state index in [1.165, 1.54) is 0 Å². The average Bonchev–Trinajstić information content (AvgIpc) is 4.06. The number of Topliss-reactive ketones (excluding diaryl/α,β-unsaturated/α-hetero) is 2. The highest BCUT2D eigenvalue weighted by Gasteiger charge is 2.64. The summed E-state index contributed by atoms with van der Waals surface area (Å²) in [4.78, 5) is 63.4. The molecule has 12 rings (SSSR count). The number of aryl methyl sites for hydroxylation is 2. The number of carbonyl (C=O) groups is 4. The van der Waals surface area contributed by atoms with E-state index in [0.717, 1.165) is 0 Å². The van der Waals surface area contributed by atoms with Crippen LogP contribution in [0.3, 0.4) is 0 Å². The van der Waals surface area contributed by atoms with Gasteiger partial charge in [0.25, 0.3) is 0 Å². The predicted molar refractivity (Wildman–Crippen MR) is 228 cm³/mol. The van der Waals surface area contributed by atoms with Crippen LogP contribution in [-0.4, -0.2) is 56.9 Å². The van der Waals surface area contributed by atoms with Crippen LogP contribution in [0.5, 0.6) is 0 Å². The lowest BCUT2D eigenvalue weighted by Gasteiger charge is -2.35. The first-order chi connectivity index (χ1) is 29.1. The minimum Gasteiger partial charge on any atom is -0.338 e. The van der Waals surface area contributed by atoms with Gasteiger partial charge in [0, 0.05) is 102 Å². The Hall–Kier alpha value is -6.76. The van der Waals surface area contributed by atoms with Crippen LogP contribution in [-0.2, 0) is 20.4 Å². The largest absolute Gasteiger partial charge is 0.338 e. The molecule has 2 unspecified atom stereocenters. The van der Waals surface area contributed by atoms with E-state index in [4.69, 9.17) is 23.2 Å². The Balaban J connectivity index is 0.911. The second kappa shape index (κ2) is 11.9. The van der Waals surface area contributed by atoms with E-state index in [0.29, 0.717) is 124 Å². The lowest BCUT2D eigenvalue weighted by molar-refractivity contribution is -0.121. The molecule has 12 nitrogen and oxygen atoms in total. The zero-order valence-electron chi connectivity index (χ0n) is 32.1. The van der Waals surface area contributed by atoms with Crippen LogP contribution >= 0.6 is 23.2 Å². The molecule has 0 bridgehead atoms. The maximum absolute atomic E-state index is 15.5. The Morgan fingerprint density at radius 2 is 0.967 bits per heavy atom. The maximum Gasteiger partial charge on any atom is 0.247 e. The maximum atomic E-state index is 15.5. The number of unbranched alkanes of at least 4 members (excludes halogenated alkanes) is 1. The van der Waals surface area contributed by atoms with Crippen molar-refractivity contribution >= 4 is 81.0 Å². The van der Waals surface area contributed by atoms with E-state index in [9.17, 15) is 9.59 Å². The second-order valence-electron chi connectivity index (χ2n) is 16.1. The zero-order valence-corrected chi connectivity index (χ0v) is 33.6. The number of benzene rings is 4. The van der Waals surface area contributed by atoms with Crippen molar-refractivity contribution in [1.82, 2.24) is 20.4 Å². The van der Waals surface area contributed by atoms with Crippen LogP contribution in [0, 0.1) is 13.8 Å². The van der Waals surface area contributed by atoms with E-state index in [-0.39, 0.29) is 36.5 Å². The molecule has 0 radical (unpaired) electrons. The van der Waals surface area contributed by atoms with Gasteiger partial charge in [-0.2, -0.15) is 10.2 Å². The molecule has 6 aliphatic rings. The van der Waals surface area contributed by atoms with Gasteiger partial charge in [-0.15, -0.1) is 0 Å². The molecule has 4 aromatic carbocycles. The third kappa shape index (κ3) is 4.07. The summed E-state index contributed by atoms with van der Waals surface area (Å²) >= 11 is 13.4. The number of ketones is 2. The van der Waals surface area contributed by atoms with Crippen molar-refractivity contribution in [3.05, 3.63) is 162 Å². The summed E-state index contributed by atoms with van der Waals surface area (Å²) in [5.74, 6) is -0.0310. The topological polar surface area (TPSA) is 156 Å². The number of aromatic nitrogens is 4. The first kappa shape index (κ1) is 35.2. The molecule has 2 aromatic heterocycles. The van der Waals surface area contributed by atoms with Crippen LogP contribution in [0.2, 0.25) is 10.0 Å². The standard InChI is InChI=1S/C46H32Cl2N8O4/c1-21-33-41(53-51-21)49-37-25-9-3-5-11-27(25)39(57)35(37)45(33)29-19-23(47)13-15-31(29)55(43(45)59)17-7-8-18-56-32-16-14-24(48)20-30(32)46(44(56)60)34-22(2)52-54-42(34)50-38-26-10-4-6-12-28(26)40(58)36(38)46/h3-6,9-16,19-20H,7-8,17-18H2,1-2H3,(H2,49,51,53)(H2,50,52,54). The number of hydrogen-bond acceptors (Lipinski definition) is 8. The molecule has 2 amide bonds. The fourth-order valence-electron chi connectivity index (χ4n) is 10.9. The highest BCUT2D eigenvalue weighted by molar-refractivity contribution is 6.35. The van der Waals surface area contributed by atoms with E-state index < -0.39 is 10.8 Å². The van der Waals surface area contributed by atoms with E-state index in [1.54, 1.807) is 46.2 Å².